The first-order valence-electron chi connectivity index (χ1n) is 8.37. The van der Waals surface area contributed by atoms with Crippen LogP contribution < -0.4 is 5.32 Å². The summed E-state index contributed by atoms with van der Waals surface area (Å²) in [4.78, 5) is 12.7. The number of hydrogen-bond acceptors (Lipinski definition) is 3. The van der Waals surface area contributed by atoms with Crippen molar-refractivity contribution >= 4 is 28.6 Å². The fourth-order valence-electron chi connectivity index (χ4n) is 2.99. The Labute approximate surface area is 159 Å². The van der Waals surface area contributed by atoms with Crippen molar-refractivity contribution in [1.29, 1.82) is 0 Å². The molecule has 6 nitrogen and oxygen atoms in total. The van der Waals surface area contributed by atoms with Crippen LogP contribution in [0.3, 0.4) is 0 Å². The molecule has 27 heavy (non-hydrogen) atoms. The van der Waals surface area contributed by atoms with Crippen molar-refractivity contribution in [1.82, 2.24) is 19.7 Å². The van der Waals surface area contributed by atoms with E-state index >= 15 is 0 Å². The smallest absolute Gasteiger partial charge is 0.268 e. The lowest BCUT2D eigenvalue weighted by Gasteiger charge is -2.11. The highest BCUT2D eigenvalue weighted by atomic mass is 35.5. The van der Waals surface area contributed by atoms with E-state index in [0.29, 0.717) is 35.9 Å². The first-order chi connectivity index (χ1) is 13.1. The molecule has 0 radical (unpaired) electrons. The molecule has 0 aliphatic carbocycles. The van der Waals surface area contributed by atoms with Crippen molar-refractivity contribution in [2.45, 2.75) is 13.1 Å². The molecule has 1 amide bonds. The lowest BCUT2D eigenvalue weighted by Crippen LogP contribution is -2.29. The van der Waals surface area contributed by atoms with Gasteiger partial charge in [0, 0.05) is 31.4 Å². The standard InChI is InChI=1S/C19H16ClFN4O2/c20-14-10-23-24(12-14)6-5-22-19(26)17-9-18-16(4-7-27-18)25(17)11-13-2-1-3-15(21)8-13/h1-4,7-10,12H,5-6,11H2,(H,22,26). The van der Waals surface area contributed by atoms with Crippen LogP contribution in [0.4, 0.5) is 4.39 Å². The number of rotatable bonds is 6. The number of nitrogens with one attached hydrogen (secondary N) is 1. The van der Waals surface area contributed by atoms with Crippen molar-refractivity contribution in [3.63, 3.8) is 0 Å². The van der Waals surface area contributed by atoms with Crippen molar-refractivity contribution in [2.75, 3.05) is 6.54 Å². The molecular formula is C19H16ClFN4O2. The van der Waals surface area contributed by atoms with Crippen LogP contribution in [-0.2, 0) is 13.1 Å². The topological polar surface area (TPSA) is 65.0 Å². The van der Waals surface area contributed by atoms with Gasteiger partial charge < -0.3 is 14.3 Å². The highest BCUT2D eigenvalue weighted by Crippen LogP contribution is 2.22. The molecule has 0 atom stereocenters. The van der Waals surface area contributed by atoms with Crippen molar-refractivity contribution in [2.24, 2.45) is 0 Å². The zero-order valence-electron chi connectivity index (χ0n) is 14.2. The molecule has 0 saturated heterocycles. The second-order valence-corrected chi connectivity index (χ2v) is 6.53. The van der Waals surface area contributed by atoms with E-state index in [1.807, 2.05) is 10.6 Å². The highest BCUT2D eigenvalue weighted by Gasteiger charge is 2.17. The van der Waals surface area contributed by atoms with Gasteiger partial charge in [-0.3, -0.25) is 9.48 Å². The van der Waals surface area contributed by atoms with Crippen LogP contribution in [0.2, 0.25) is 5.02 Å². The molecule has 0 aliphatic heterocycles. The Balaban J connectivity index is 1.53. The van der Waals surface area contributed by atoms with Gasteiger partial charge in [-0.15, -0.1) is 0 Å². The van der Waals surface area contributed by atoms with Gasteiger partial charge in [-0.05, 0) is 17.7 Å². The molecule has 4 rings (SSSR count). The molecule has 0 saturated carbocycles. The number of fused-ring (bicyclic) bond motifs is 1. The van der Waals surface area contributed by atoms with Crippen LogP contribution in [0, 0.1) is 5.82 Å². The van der Waals surface area contributed by atoms with E-state index in [4.69, 9.17) is 16.0 Å². The largest absolute Gasteiger partial charge is 0.463 e. The van der Waals surface area contributed by atoms with Crippen molar-refractivity contribution < 1.29 is 13.6 Å². The van der Waals surface area contributed by atoms with E-state index in [0.717, 1.165) is 11.1 Å². The number of furan rings is 1. The Hall–Kier alpha value is -3.06. The molecule has 138 valence electrons. The Kier molecular flexibility index (Phi) is 4.68. The summed E-state index contributed by atoms with van der Waals surface area (Å²) in [6.07, 6.45) is 4.80. The normalized spacial score (nSPS) is 11.2. The van der Waals surface area contributed by atoms with E-state index in [1.165, 1.54) is 12.1 Å². The van der Waals surface area contributed by atoms with E-state index in [9.17, 15) is 9.18 Å². The number of benzene rings is 1. The van der Waals surface area contributed by atoms with Gasteiger partial charge in [0.25, 0.3) is 5.91 Å². The summed E-state index contributed by atoms with van der Waals surface area (Å²) in [5, 5.41) is 7.48. The van der Waals surface area contributed by atoms with Crippen LogP contribution in [0.25, 0.3) is 11.1 Å². The predicted octanol–water partition coefficient (Wildman–Crippen LogP) is 3.70. The number of halogens is 2. The fraction of sp³-hybridized carbons (Fsp3) is 0.158. The summed E-state index contributed by atoms with van der Waals surface area (Å²) < 4.78 is 22.4. The van der Waals surface area contributed by atoms with Gasteiger partial charge in [-0.25, -0.2) is 4.39 Å². The maximum Gasteiger partial charge on any atom is 0.268 e. The summed E-state index contributed by atoms with van der Waals surface area (Å²) in [6, 6.07) is 9.79. The molecule has 8 heteroatoms. The lowest BCUT2D eigenvalue weighted by molar-refractivity contribution is 0.0943. The van der Waals surface area contributed by atoms with Gasteiger partial charge in [0.05, 0.1) is 29.5 Å². The number of aromatic nitrogens is 3. The summed E-state index contributed by atoms with van der Waals surface area (Å²) in [5.74, 6) is -0.553. The van der Waals surface area contributed by atoms with Crippen LogP contribution in [0.15, 0.2) is 59.5 Å². The molecule has 1 N–H and O–H groups in total. The van der Waals surface area contributed by atoms with Crippen LogP contribution in [0.5, 0.6) is 0 Å². The molecule has 0 fully saturated rings. The second kappa shape index (κ2) is 7.28. The molecule has 0 spiro atoms. The Morgan fingerprint density at radius 3 is 2.96 bits per heavy atom. The maximum absolute atomic E-state index is 13.5. The van der Waals surface area contributed by atoms with E-state index < -0.39 is 0 Å². The first kappa shape index (κ1) is 17.4. The summed E-state index contributed by atoms with van der Waals surface area (Å²) in [7, 11) is 0. The second-order valence-electron chi connectivity index (χ2n) is 6.09. The van der Waals surface area contributed by atoms with Crippen molar-refractivity contribution in [3.05, 3.63) is 77.2 Å². The van der Waals surface area contributed by atoms with E-state index in [2.05, 4.69) is 10.4 Å². The minimum atomic E-state index is -0.313. The van der Waals surface area contributed by atoms with Gasteiger partial charge in [0.15, 0.2) is 5.58 Å². The fourth-order valence-corrected chi connectivity index (χ4v) is 3.14. The quantitative estimate of drug-likeness (QED) is 0.549. The molecular weight excluding hydrogens is 371 g/mol. The SMILES string of the molecule is O=C(NCCn1cc(Cl)cn1)c1cc2occc2n1Cc1cccc(F)c1. The van der Waals surface area contributed by atoms with Crippen LogP contribution >= 0.6 is 11.6 Å². The van der Waals surface area contributed by atoms with Gasteiger partial charge in [-0.2, -0.15) is 5.10 Å². The van der Waals surface area contributed by atoms with Crippen LogP contribution in [-0.4, -0.2) is 26.8 Å². The molecule has 0 unspecified atom stereocenters. The average molecular weight is 387 g/mol. The van der Waals surface area contributed by atoms with Gasteiger partial charge in [0.2, 0.25) is 0 Å². The number of carbonyl (C=O) groups excluding carboxylic acids is 1. The Morgan fingerprint density at radius 2 is 2.19 bits per heavy atom. The third kappa shape index (κ3) is 3.73. The lowest BCUT2D eigenvalue weighted by atomic mass is 10.2. The molecule has 0 aliphatic rings. The van der Waals surface area contributed by atoms with E-state index in [-0.39, 0.29) is 11.7 Å². The summed E-state index contributed by atoms with van der Waals surface area (Å²) in [6.45, 7) is 1.25. The minimum Gasteiger partial charge on any atom is -0.463 e. The number of hydrogen-bond donors (Lipinski definition) is 1. The third-order valence-corrected chi connectivity index (χ3v) is 4.41. The molecule has 0 bridgehead atoms. The van der Waals surface area contributed by atoms with Crippen molar-refractivity contribution in [3.8, 4) is 0 Å². The number of nitrogens with zero attached hydrogens (tertiary/aromatic N) is 3. The average Bonchev–Trinajstić information content (AvgIpc) is 3.33. The molecule has 4 aromatic rings. The van der Waals surface area contributed by atoms with Gasteiger partial charge in [0.1, 0.15) is 11.5 Å². The van der Waals surface area contributed by atoms with Gasteiger partial charge >= 0.3 is 0 Å². The number of carbonyl (C=O) groups is 1. The molecule has 1 aromatic carbocycles. The Bertz CT molecular complexity index is 1100. The third-order valence-electron chi connectivity index (χ3n) is 4.21. The monoisotopic (exact) mass is 386 g/mol. The minimum absolute atomic E-state index is 0.240. The summed E-state index contributed by atoms with van der Waals surface area (Å²) >= 11 is 5.83. The van der Waals surface area contributed by atoms with E-state index in [1.54, 1.807) is 41.5 Å². The van der Waals surface area contributed by atoms with Crippen LogP contribution in [0.1, 0.15) is 16.1 Å². The first-order valence-corrected chi connectivity index (χ1v) is 8.75. The Morgan fingerprint density at radius 1 is 1.30 bits per heavy atom. The predicted molar refractivity (Wildman–Crippen MR) is 99.3 cm³/mol. The zero-order valence-corrected chi connectivity index (χ0v) is 15.0. The number of amides is 1. The molecule has 3 aromatic heterocycles. The zero-order chi connectivity index (χ0) is 18.8. The molecule has 3 heterocycles. The summed E-state index contributed by atoms with van der Waals surface area (Å²) in [5.41, 5.74) is 2.60. The maximum atomic E-state index is 13.5. The highest BCUT2D eigenvalue weighted by molar-refractivity contribution is 6.30. The van der Waals surface area contributed by atoms with Gasteiger partial charge in [-0.1, -0.05) is 23.7 Å².